The smallest absolute Gasteiger partial charge is 0.338 e. The van der Waals surface area contributed by atoms with Crippen molar-refractivity contribution in [1.82, 2.24) is 14.8 Å². The van der Waals surface area contributed by atoms with Crippen LogP contribution in [0.4, 0.5) is 10.3 Å². The van der Waals surface area contributed by atoms with Gasteiger partial charge in [0.2, 0.25) is 11.1 Å². The summed E-state index contributed by atoms with van der Waals surface area (Å²) in [7, 11) is 0. The summed E-state index contributed by atoms with van der Waals surface area (Å²) in [6.45, 7) is 4.33. The van der Waals surface area contributed by atoms with Crippen molar-refractivity contribution in [2.75, 3.05) is 11.9 Å². The van der Waals surface area contributed by atoms with Crippen molar-refractivity contribution in [1.29, 1.82) is 0 Å². The van der Waals surface area contributed by atoms with E-state index in [1.54, 1.807) is 16.8 Å². The Labute approximate surface area is 220 Å². The fourth-order valence-electron chi connectivity index (χ4n) is 4.86. The van der Waals surface area contributed by atoms with E-state index in [1.807, 2.05) is 44.2 Å². The van der Waals surface area contributed by atoms with Gasteiger partial charge in [-0.25, -0.2) is 13.9 Å². The highest BCUT2D eigenvalue weighted by atomic mass is 32.2. The molecule has 0 saturated heterocycles. The van der Waals surface area contributed by atoms with E-state index in [2.05, 4.69) is 10.3 Å². The van der Waals surface area contributed by atoms with Gasteiger partial charge in [-0.1, -0.05) is 48.5 Å². The molecular formula is C28H31FN4O3S. The molecule has 1 unspecified atom stereocenters. The Morgan fingerprint density at radius 1 is 1.16 bits per heavy atom. The first kappa shape index (κ1) is 25.3. The largest absolute Gasteiger partial charge is 0.494 e. The number of anilines is 1. The summed E-state index contributed by atoms with van der Waals surface area (Å²) in [6.07, 6.45) is 5.04. The molecule has 2 aromatic carbocycles. The maximum atomic E-state index is 14.1. The number of nitrogens with zero attached hydrogens (tertiary/aromatic N) is 3. The van der Waals surface area contributed by atoms with E-state index >= 15 is 0 Å². The molecule has 0 amide bonds. The minimum atomic E-state index is -0.539. The van der Waals surface area contributed by atoms with Gasteiger partial charge < -0.3 is 14.8 Å². The highest BCUT2D eigenvalue weighted by Crippen LogP contribution is 2.38. The van der Waals surface area contributed by atoms with Crippen LogP contribution in [0.3, 0.4) is 0 Å². The Bertz CT molecular complexity index is 1300. The van der Waals surface area contributed by atoms with Crippen molar-refractivity contribution in [3.63, 3.8) is 0 Å². The topological polar surface area (TPSA) is 78.3 Å². The molecule has 1 fully saturated rings. The number of fused-ring (bicyclic) bond motifs is 1. The summed E-state index contributed by atoms with van der Waals surface area (Å²) in [5.41, 5.74) is 2.61. The highest BCUT2D eigenvalue weighted by molar-refractivity contribution is 7.98. The Hall–Kier alpha value is -3.33. The first-order chi connectivity index (χ1) is 18.0. The normalized spacial score (nSPS) is 17.8. The van der Waals surface area contributed by atoms with Crippen molar-refractivity contribution in [3.05, 3.63) is 76.7 Å². The Kier molecular flexibility index (Phi) is 7.79. The van der Waals surface area contributed by atoms with Gasteiger partial charge in [-0.3, -0.25) is 0 Å². The van der Waals surface area contributed by atoms with Crippen molar-refractivity contribution < 1.29 is 18.7 Å². The lowest BCUT2D eigenvalue weighted by Gasteiger charge is -2.30. The first-order valence-electron chi connectivity index (χ1n) is 12.8. The fraction of sp³-hybridized carbons (Fsp3) is 0.393. The van der Waals surface area contributed by atoms with E-state index < -0.39 is 6.04 Å². The maximum absolute atomic E-state index is 14.1. The summed E-state index contributed by atoms with van der Waals surface area (Å²) >= 11 is 1.35. The van der Waals surface area contributed by atoms with Gasteiger partial charge in [-0.05, 0) is 68.9 Å². The van der Waals surface area contributed by atoms with Crippen LogP contribution < -0.4 is 10.1 Å². The van der Waals surface area contributed by atoms with Crippen LogP contribution in [0, 0.1) is 5.82 Å². The average Bonchev–Trinajstić information content (AvgIpc) is 3.30. The van der Waals surface area contributed by atoms with Crippen molar-refractivity contribution >= 4 is 23.7 Å². The number of rotatable bonds is 8. The SMILES string of the molecule is CCOc1cccc(C2C(C(=O)OC3CCCCC3)=C(C)Nc3nc(SCc4ccccc4F)nn32)c1. The molecule has 2 aliphatic rings. The number of halogens is 1. The lowest BCUT2D eigenvalue weighted by atomic mass is 9.94. The minimum Gasteiger partial charge on any atom is -0.494 e. The van der Waals surface area contributed by atoms with Crippen LogP contribution in [0.25, 0.3) is 0 Å². The number of allylic oxidation sites excluding steroid dienone is 1. The molecule has 1 aromatic heterocycles. The van der Waals surface area contributed by atoms with Crippen LogP contribution in [0.5, 0.6) is 5.75 Å². The van der Waals surface area contributed by atoms with E-state index in [9.17, 15) is 9.18 Å². The number of hydrogen-bond donors (Lipinski definition) is 1. The predicted octanol–water partition coefficient (Wildman–Crippen LogP) is 6.27. The number of benzene rings is 2. The zero-order valence-electron chi connectivity index (χ0n) is 21.1. The Balaban J connectivity index is 1.48. The lowest BCUT2D eigenvalue weighted by Crippen LogP contribution is -2.32. The summed E-state index contributed by atoms with van der Waals surface area (Å²) in [4.78, 5) is 18.2. The van der Waals surface area contributed by atoms with Gasteiger partial charge in [-0.15, -0.1) is 5.10 Å². The number of aromatic nitrogens is 3. The molecule has 2 heterocycles. The van der Waals surface area contributed by atoms with E-state index in [-0.39, 0.29) is 17.9 Å². The molecule has 37 heavy (non-hydrogen) atoms. The molecule has 1 aliphatic heterocycles. The van der Waals surface area contributed by atoms with Gasteiger partial charge in [0.25, 0.3) is 0 Å². The summed E-state index contributed by atoms with van der Waals surface area (Å²) < 4.78 is 27.6. The Morgan fingerprint density at radius 2 is 1.97 bits per heavy atom. The van der Waals surface area contributed by atoms with E-state index in [4.69, 9.17) is 14.6 Å². The fourth-order valence-corrected chi connectivity index (χ4v) is 5.68. The molecule has 1 saturated carbocycles. The molecule has 1 N–H and O–H groups in total. The molecule has 0 bridgehead atoms. The third kappa shape index (κ3) is 5.66. The monoisotopic (exact) mass is 522 g/mol. The quantitative estimate of drug-likeness (QED) is 0.276. The molecule has 3 aromatic rings. The van der Waals surface area contributed by atoms with E-state index in [0.29, 0.717) is 46.0 Å². The summed E-state index contributed by atoms with van der Waals surface area (Å²) in [5, 5.41) is 8.48. The number of nitrogens with one attached hydrogen (secondary N) is 1. The summed E-state index contributed by atoms with van der Waals surface area (Å²) in [6, 6.07) is 13.8. The van der Waals surface area contributed by atoms with Crippen LogP contribution in [0.2, 0.25) is 0 Å². The zero-order chi connectivity index (χ0) is 25.8. The van der Waals surface area contributed by atoms with Crippen molar-refractivity contribution in [3.8, 4) is 5.75 Å². The second-order valence-electron chi connectivity index (χ2n) is 9.28. The molecule has 9 heteroatoms. The molecule has 194 valence electrons. The number of thioether (sulfide) groups is 1. The van der Waals surface area contributed by atoms with E-state index in [1.165, 1.54) is 24.2 Å². The number of esters is 1. The van der Waals surface area contributed by atoms with Gasteiger partial charge in [0.15, 0.2) is 0 Å². The summed E-state index contributed by atoms with van der Waals surface area (Å²) in [5.74, 6) is 1.03. The highest BCUT2D eigenvalue weighted by Gasteiger charge is 2.36. The first-order valence-corrected chi connectivity index (χ1v) is 13.8. The second-order valence-corrected chi connectivity index (χ2v) is 10.2. The molecule has 1 aliphatic carbocycles. The maximum Gasteiger partial charge on any atom is 0.338 e. The third-order valence-electron chi connectivity index (χ3n) is 6.68. The van der Waals surface area contributed by atoms with Crippen LogP contribution in [-0.2, 0) is 15.3 Å². The lowest BCUT2D eigenvalue weighted by molar-refractivity contribution is -0.146. The van der Waals surface area contributed by atoms with E-state index in [0.717, 1.165) is 31.2 Å². The van der Waals surface area contributed by atoms with Gasteiger partial charge in [0.05, 0.1) is 12.2 Å². The van der Waals surface area contributed by atoms with Crippen LogP contribution >= 0.6 is 11.8 Å². The zero-order valence-corrected chi connectivity index (χ0v) is 21.9. The minimum absolute atomic E-state index is 0.0685. The van der Waals surface area contributed by atoms with Crippen LogP contribution in [0.15, 0.2) is 65.0 Å². The number of hydrogen-bond acceptors (Lipinski definition) is 7. The van der Waals surface area contributed by atoms with Crippen molar-refractivity contribution in [2.24, 2.45) is 0 Å². The standard InChI is InChI=1S/C28H31FN4O3S/c1-3-35-22-14-9-11-19(16-22)25-24(26(34)36-21-12-5-4-6-13-21)18(2)30-27-31-28(32-33(25)27)37-17-20-10-7-8-15-23(20)29/h7-11,14-16,21,25H,3-6,12-13,17H2,1-2H3,(H,30,31,32). The van der Waals surface area contributed by atoms with Gasteiger partial charge in [0, 0.05) is 11.4 Å². The Morgan fingerprint density at radius 3 is 2.76 bits per heavy atom. The number of carbonyl (C=O) groups excluding carboxylic acids is 1. The average molecular weight is 523 g/mol. The third-order valence-corrected chi connectivity index (χ3v) is 7.56. The van der Waals surface area contributed by atoms with Gasteiger partial charge in [0.1, 0.15) is 23.7 Å². The molecular weight excluding hydrogens is 491 g/mol. The van der Waals surface area contributed by atoms with Gasteiger partial charge >= 0.3 is 5.97 Å². The number of carbonyl (C=O) groups is 1. The van der Waals surface area contributed by atoms with Crippen LogP contribution in [-0.4, -0.2) is 33.4 Å². The number of ether oxygens (including phenoxy) is 2. The van der Waals surface area contributed by atoms with Crippen LogP contribution in [0.1, 0.15) is 63.1 Å². The molecule has 5 rings (SSSR count). The molecule has 0 spiro atoms. The predicted molar refractivity (Wildman–Crippen MR) is 141 cm³/mol. The van der Waals surface area contributed by atoms with Crippen molar-refractivity contribution in [2.45, 2.75) is 69.0 Å². The van der Waals surface area contributed by atoms with Gasteiger partial charge in [-0.2, -0.15) is 4.98 Å². The molecule has 1 atom stereocenters. The second kappa shape index (κ2) is 11.4. The molecule has 7 nitrogen and oxygen atoms in total. The molecule has 0 radical (unpaired) electrons.